The van der Waals surface area contributed by atoms with E-state index in [2.05, 4.69) is 15.2 Å². The number of nitrogens with zero attached hydrogens (tertiary/aromatic N) is 4. The van der Waals surface area contributed by atoms with Crippen molar-refractivity contribution in [2.45, 2.75) is 51.0 Å². The van der Waals surface area contributed by atoms with E-state index in [1.165, 1.54) is 0 Å². The van der Waals surface area contributed by atoms with E-state index in [0.717, 1.165) is 47.4 Å². The summed E-state index contributed by atoms with van der Waals surface area (Å²) in [6.45, 7) is 2.49. The van der Waals surface area contributed by atoms with Crippen LogP contribution in [0.25, 0.3) is 16.7 Å². The van der Waals surface area contributed by atoms with Gasteiger partial charge < -0.3 is 15.0 Å². The van der Waals surface area contributed by atoms with E-state index >= 15 is 0 Å². The third kappa shape index (κ3) is 3.32. The predicted octanol–water partition coefficient (Wildman–Crippen LogP) is 3.75. The molecule has 34 heavy (non-hydrogen) atoms. The van der Waals surface area contributed by atoms with Crippen LogP contribution in [0, 0.1) is 6.92 Å². The molecule has 0 radical (unpaired) electrons. The summed E-state index contributed by atoms with van der Waals surface area (Å²) in [5.41, 5.74) is 4.53. The van der Waals surface area contributed by atoms with Crippen molar-refractivity contribution in [2.24, 2.45) is 0 Å². The van der Waals surface area contributed by atoms with E-state index in [0.29, 0.717) is 35.5 Å². The van der Waals surface area contributed by atoms with Gasteiger partial charge in [-0.05, 0) is 80.5 Å². The fourth-order valence-corrected chi connectivity index (χ4v) is 5.59. The van der Waals surface area contributed by atoms with Crippen LogP contribution >= 0.6 is 11.6 Å². The summed E-state index contributed by atoms with van der Waals surface area (Å²) in [6, 6.07) is 9.27. The van der Waals surface area contributed by atoms with E-state index in [9.17, 15) is 14.7 Å². The van der Waals surface area contributed by atoms with Crippen LogP contribution in [0.4, 0.5) is 5.69 Å². The first kappa shape index (κ1) is 21.3. The van der Waals surface area contributed by atoms with Crippen LogP contribution in [0.15, 0.2) is 35.1 Å². The molecule has 3 heterocycles. The number of halogens is 1. The second-order valence-corrected chi connectivity index (χ2v) is 9.78. The molecule has 4 aromatic rings. The van der Waals surface area contributed by atoms with Crippen LogP contribution in [-0.2, 0) is 6.42 Å². The Labute approximate surface area is 200 Å². The molecule has 0 atom stereocenters. The maximum absolute atomic E-state index is 13.5. The molecule has 2 aromatic heterocycles. The Hall–Kier alpha value is -3.23. The Bertz CT molecular complexity index is 1520. The van der Waals surface area contributed by atoms with Crippen molar-refractivity contribution in [2.75, 3.05) is 11.4 Å². The molecule has 8 nitrogen and oxygen atoms in total. The van der Waals surface area contributed by atoms with Crippen molar-refractivity contribution in [3.63, 3.8) is 0 Å². The molecule has 174 valence electrons. The van der Waals surface area contributed by atoms with Gasteiger partial charge in [0.1, 0.15) is 5.82 Å². The van der Waals surface area contributed by atoms with Gasteiger partial charge in [0.2, 0.25) is 5.65 Å². The number of carbonyl (C=O) groups is 1. The summed E-state index contributed by atoms with van der Waals surface area (Å²) in [5, 5.41) is 19.1. The number of fused-ring (bicyclic) bond motifs is 4. The van der Waals surface area contributed by atoms with Crippen LogP contribution in [0.2, 0.25) is 5.02 Å². The number of aromatic amines is 1. The second-order valence-electron chi connectivity index (χ2n) is 9.34. The van der Waals surface area contributed by atoms with Gasteiger partial charge >= 0.3 is 0 Å². The number of aliphatic hydroxyl groups is 1. The molecule has 2 aromatic carbocycles. The van der Waals surface area contributed by atoms with Gasteiger partial charge in [-0.25, -0.2) is 0 Å². The fourth-order valence-electron chi connectivity index (χ4n) is 5.39. The monoisotopic (exact) mass is 477 g/mol. The zero-order valence-corrected chi connectivity index (χ0v) is 19.5. The number of rotatable bonds is 2. The summed E-state index contributed by atoms with van der Waals surface area (Å²) in [6.07, 6.45) is 3.49. The molecule has 0 spiro atoms. The maximum atomic E-state index is 13.5. The smallest absolute Gasteiger partial charge is 0.294 e. The minimum atomic E-state index is -0.342. The van der Waals surface area contributed by atoms with Gasteiger partial charge in [-0.2, -0.15) is 0 Å². The molecule has 1 fully saturated rings. The highest BCUT2D eigenvalue weighted by molar-refractivity contribution is 6.30. The van der Waals surface area contributed by atoms with E-state index < -0.39 is 0 Å². The fraction of sp³-hybridized carbons (Fsp3) is 0.360. The Morgan fingerprint density at radius 1 is 1.15 bits per heavy atom. The van der Waals surface area contributed by atoms with Gasteiger partial charge in [0.05, 0.1) is 17.1 Å². The van der Waals surface area contributed by atoms with Gasteiger partial charge in [-0.3, -0.25) is 14.0 Å². The topological polar surface area (TPSA) is 104 Å². The van der Waals surface area contributed by atoms with E-state index in [1.54, 1.807) is 17.0 Å². The van der Waals surface area contributed by atoms with Crippen molar-refractivity contribution < 1.29 is 9.90 Å². The number of carbonyl (C=O) groups excluding carboxylic acids is 1. The first-order chi connectivity index (χ1) is 16.4. The third-order valence-corrected chi connectivity index (χ3v) is 7.43. The van der Waals surface area contributed by atoms with Crippen LogP contribution < -0.4 is 10.5 Å². The quantitative estimate of drug-likeness (QED) is 0.457. The van der Waals surface area contributed by atoms with Crippen molar-refractivity contribution >= 4 is 39.9 Å². The summed E-state index contributed by atoms with van der Waals surface area (Å²) < 4.78 is 1.82. The molecule has 6 rings (SSSR count). The number of aromatic nitrogens is 4. The maximum Gasteiger partial charge on any atom is 0.294 e. The normalized spacial score (nSPS) is 20.3. The molecule has 2 aliphatic rings. The molecule has 1 saturated carbocycles. The zero-order chi connectivity index (χ0) is 23.6. The lowest BCUT2D eigenvalue weighted by Crippen LogP contribution is -2.29. The van der Waals surface area contributed by atoms with Gasteiger partial charge in [-0.15, -0.1) is 10.2 Å². The van der Waals surface area contributed by atoms with Crippen molar-refractivity contribution in [3.05, 3.63) is 68.2 Å². The minimum absolute atomic E-state index is 0.105. The van der Waals surface area contributed by atoms with Crippen molar-refractivity contribution in [1.82, 2.24) is 19.6 Å². The summed E-state index contributed by atoms with van der Waals surface area (Å²) >= 11 is 6.13. The number of anilines is 1. The van der Waals surface area contributed by atoms with Gasteiger partial charge in [0.25, 0.3) is 11.5 Å². The number of amides is 1. The van der Waals surface area contributed by atoms with Gasteiger partial charge in [-0.1, -0.05) is 11.6 Å². The predicted molar refractivity (Wildman–Crippen MR) is 130 cm³/mol. The average molecular weight is 478 g/mol. The van der Waals surface area contributed by atoms with Crippen molar-refractivity contribution in [1.29, 1.82) is 0 Å². The summed E-state index contributed by atoms with van der Waals surface area (Å²) in [4.78, 5) is 31.0. The highest BCUT2D eigenvalue weighted by Crippen LogP contribution is 2.34. The van der Waals surface area contributed by atoms with Crippen molar-refractivity contribution in [3.8, 4) is 0 Å². The standard InChI is InChI=1S/C25H24ClN5O3/c1-13-10-21-19(12-18(13)25(34)30-9-8-15-11-16(26)4-7-20(15)30)27-24(33)23-29-28-22(31(21)23)14-2-5-17(32)6-3-14/h4,7,10-12,14,17,32H,2-3,5-6,8-9H2,1H3,(H,27,33)/t14-,17-. The molecule has 1 aliphatic heterocycles. The molecule has 0 unspecified atom stereocenters. The van der Waals surface area contributed by atoms with Gasteiger partial charge in [0.15, 0.2) is 0 Å². The van der Waals surface area contributed by atoms with Crippen LogP contribution in [0.5, 0.6) is 0 Å². The SMILES string of the molecule is Cc1cc2c(cc1C(=O)N1CCc3cc(Cl)ccc31)[nH]c(=O)c1nnc([C@H]3CC[C@H](O)CC3)n12. The number of nitrogens with one attached hydrogen (secondary N) is 1. The lowest BCUT2D eigenvalue weighted by molar-refractivity contribution is 0.0989. The molecule has 9 heteroatoms. The zero-order valence-electron chi connectivity index (χ0n) is 18.7. The van der Waals surface area contributed by atoms with Crippen LogP contribution in [0.3, 0.4) is 0 Å². The molecular formula is C25H24ClN5O3. The molecule has 0 saturated heterocycles. The highest BCUT2D eigenvalue weighted by Gasteiger charge is 2.29. The number of aryl methyl sites for hydroxylation is 1. The number of benzene rings is 2. The number of aliphatic hydroxyl groups excluding tert-OH is 1. The molecule has 1 amide bonds. The first-order valence-electron chi connectivity index (χ1n) is 11.6. The first-order valence-corrected chi connectivity index (χ1v) is 12.0. The Kier molecular flexibility index (Phi) is 4.97. The molecule has 0 bridgehead atoms. The average Bonchev–Trinajstić information content (AvgIpc) is 3.44. The Balaban J connectivity index is 1.46. The number of hydrogen-bond acceptors (Lipinski definition) is 5. The third-order valence-electron chi connectivity index (χ3n) is 7.20. The summed E-state index contributed by atoms with van der Waals surface area (Å²) in [7, 11) is 0. The molecule has 2 N–H and O–H groups in total. The highest BCUT2D eigenvalue weighted by atomic mass is 35.5. The van der Waals surface area contributed by atoms with E-state index in [-0.39, 0.29) is 29.1 Å². The number of hydrogen-bond donors (Lipinski definition) is 2. The lowest BCUT2D eigenvalue weighted by Gasteiger charge is -2.24. The van der Waals surface area contributed by atoms with E-state index in [4.69, 9.17) is 11.6 Å². The molecule has 1 aliphatic carbocycles. The Morgan fingerprint density at radius 3 is 2.74 bits per heavy atom. The summed E-state index contributed by atoms with van der Waals surface area (Å²) in [5.74, 6) is 0.756. The largest absolute Gasteiger partial charge is 0.393 e. The van der Waals surface area contributed by atoms with Crippen LogP contribution in [0.1, 0.15) is 58.9 Å². The minimum Gasteiger partial charge on any atom is -0.393 e. The van der Waals surface area contributed by atoms with E-state index in [1.807, 2.05) is 29.5 Å². The second kappa shape index (κ2) is 7.92. The van der Waals surface area contributed by atoms with Gasteiger partial charge in [0, 0.05) is 28.7 Å². The lowest BCUT2D eigenvalue weighted by atomic mass is 9.87. The van der Waals surface area contributed by atoms with Crippen LogP contribution in [-0.4, -0.2) is 43.2 Å². The Morgan fingerprint density at radius 2 is 1.94 bits per heavy atom. The number of H-pyrrole nitrogens is 1. The molecular weight excluding hydrogens is 454 g/mol.